The Kier molecular flexibility index (Phi) is 3.85. The normalized spacial score (nSPS) is 14.3. The fraction of sp³-hybridized carbons (Fsp3) is 0.455. The fourth-order valence-electron chi connectivity index (χ4n) is 1.64. The van der Waals surface area contributed by atoms with Crippen LogP contribution in [0, 0.1) is 15.9 Å². The Labute approximate surface area is 106 Å². The fourth-order valence-corrected chi connectivity index (χ4v) is 1.64. The number of nitro groups is 1. The van der Waals surface area contributed by atoms with Crippen molar-refractivity contribution in [1.82, 2.24) is 0 Å². The Bertz CT molecular complexity index is 500. The van der Waals surface area contributed by atoms with E-state index in [-0.39, 0.29) is 5.56 Å². The molecule has 1 atom stereocenters. The van der Waals surface area contributed by atoms with Gasteiger partial charge >= 0.3 is 11.9 Å². The highest BCUT2D eigenvalue weighted by atomic mass is 19.4. The summed E-state index contributed by atoms with van der Waals surface area (Å²) in [6.07, 6.45) is -4.66. The van der Waals surface area contributed by atoms with Gasteiger partial charge < -0.3 is 5.73 Å². The van der Waals surface area contributed by atoms with E-state index in [1.54, 1.807) is 0 Å². The number of nitrogens with zero attached hydrogens (tertiary/aromatic N) is 1. The van der Waals surface area contributed by atoms with Gasteiger partial charge in [-0.3, -0.25) is 10.1 Å². The first-order valence-corrected chi connectivity index (χ1v) is 5.24. The second-order valence-corrected chi connectivity index (χ2v) is 4.66. The van der Waals surface area contributed by atoms with Gasteiger partial charge in [-0.2, -0.15) is 17.6 Å². The van der Waals surface area contributed by atoms with Gasteiger partial charge in [0.25, 0.3) is 0 Å². The molecule has 8 heteroatoms. The minimum absolute atomic E-state index is 0.0505. The van der Waals surface area contributed by atoms with Crippen molar-refractivity contribution in [3.8, 4) is 0 Å². The molecular formula is C11H12F4N2O2. The molecule has 1 unspecified atom stereocenters. The summed E-state index contributed by atoms with van der Waals surface area (Å²) < 4.78 is 51.1. The molecule has 0 saturated heterocycles. The summed E-state index contributed by atoms with van der Waals surface area (Å²) in [5.74, 6) is -1.11. The number of hydrogen-bond donors (Lipinski definition) is 1. The first kappa shape index (κ1) is 15.4. The lowest BCUT2D eigenvalue weighted by atomic mass is 9.77. The molecule has 0 saturated carbocycles. The summed E-state index contributed by atoms with van der Waals surface area (Å²) in [6.45, 7) is 2.39. The average molecular weight is 280 g/mol. The zero-order valence-electron chi connectivity index (χ0n) is 10.2. The minimum Gasteiger partial charge on any atom is -0.319 e. The smallest absolute Gasteiger partial charge is 0.319 e. The third kappa shape index (κ3) is 3.01. The van der Waals surface area contributed by atoms with E-state index in [0.29, 0.717) is 0 Å². The van der Waals surface area contributed by atoms with Crippen LogP contribution in [0.5, 0.6) is 0 Å². The molecule has 106 valence electrons. The number of hydrogen-bond acceptors (Lipinski definition) is 3. The number of halogens is 4. The molecule has 0 amide bonds. The van der Waals surface area contributed by atoms with Gasteiger partial charge in [0.1, 0.15) is 6.04 Å². The maximum absolute atomic E-state index is 13.1. The highest BCUT2D eigenvalue weighted by Gasteiger charge is 2.47. The average Bonchev–Trinajstić information content (AvgIpc) is 2.26. The van der Waals surface area contributed by atoms with Gasteiger partial charge in [-0.1, -0.05) is 19.9 Å². The molecular weight excluding hydrogens is 268 g/mol. The first-order chi connectivity index (χ1) is 8.48. The van der Waals surface area contributed by atoms with E-state index in [4.69, 9.17) is 5.73 Å². The third-order valence-electron chi connectivity index (χ3n) is 3.02. The second-order valence-electron chi connectivity index (χ2n) is 4.66. The summed E-state index contributed by atoms with van der Waals surface area (Å²) in [5, 5.41) is 10.6. The van der Waals surface area contributed by atoms with Gasteiger partial charge in [0.15, 0.2) is 0 Å². The lowest BCUT2D eigenvalue weighted by Crippen LogP contribution is -2.51. The summed E-state index contributed by atoms with van der Waals surface area (Å²) in [6, 6.07) is 0.387. The highest BCUT2D eigenvalue weighted by Crippen LogP contribution is 2.36. The number of nitro benzene ring substituents is 1. The van der Waals surface area contributed by atoms with Gasteiger partial charge in [0.2, 0.25) is 5.82 Å². The van der Waals surface area contributed by atoms with Crippen molar-refractivity contribution < 1.29 is 22.5 Å². The van der Waals surface area contributed by atoms with Crippen molar-refractivity contribution in [2.24, 2.45) is 5.73 Å². The molecule has 0 aliphatic rings. The quantitative estimate of drug-likeness (QED) is 0.526. The lowest BCUT2D eigenvalue weighted by Gasteiger charge is -2.33. The predicted octanol–water partition coefficient (Wildman–Crippen LogP) is 2.90. The Morgan fingerprint density at radius 2 is 1.84 bits per heavy atom. The predicted molar refractivity (Wildman–Crippen MR) is 60.1 cm³/mol. The summed E-state index contributed by atoms with van der Waals surface area (Å²) in [4.78, 5) is 9.59. The van der Waals surface area contributed by atoms with Gasteiger partial charge in [-0.15, -0.1) is 0 Å². The molecule has 0 aliphatic heterocycles. The molecule has 1 aromatic carbocycles. The molecule has 19 heavy (non-hydrogen) atoms. The summed E-state index contributed by atoms with van der Waals surface area (Å²) in [5.41, 5.74) is 2.60. The van der Waals surface area contributed by atoms with E-state index in [2.05, 4.69) is 0 Å². The van der Waals surface area contributed by atoms with Crippen LogP contribution in [0.2, 0.25) is 0 Å². The number of alkyl halides is 3. The van der Waals surface area contributed by atoms with Crippen molar-refractivity contribution in [3.05, 3.63) is 39.7 Å². The van der Waals surface area contributed by atoms with Crippen LogP contribution in [0.15, 0.2) is 18.2 Å². The standard InChI is InChI=1S/C11H12F4N2O2/c1-10(2,9(16)11(13,14)15)6-3-4-7(12)8(5-6)17(18)19/h3-5,9H,16H2,1-2H3. The van der Waals surface area contributed by atoms with Crippen molar-refractivity contribution in [3.63, 3.8) is 0 Å². The van der Waals surface area contributed by atoms with E-state index in [1.165, 1.54) is 13.8 Å². The molecule has 2 N–H and O–H groups in total. The van der Waals surface area contributed by atoms with Crippen molar-refractivity contribution in [1.29, 1.82) is 0 Å². The molecule has 0 bridgehead atoms. The molecule has 1 rings (SSSR count). The van der Waals surface area contributed by atoms with Crippen molar-refractivity contribution in [2.45, 2.75) is 31.5 Å². The number of rotatable bonds is 3. The Morgan fingerprint density at radius 1 is 1.32 bits per heavy atom. The second kappa shape index (κ2) is 4.76. The van der Waals surface area contributed by atoms with E-state index in [9.17, 15) is 27.7 Å². The van der Waals surface area contributed by atoms with E-state index in [0.717, 1.165) is 18.2 Å². The van der Waals surface area contributed by atoms with Crippen molar-refractivity contribution >= 4 is 5.69 Å². The minimum atomic E-state index is -4.66. The van der Waals surface area contributed by atoms with E-state index in [1.807, 2.05) is 0 Å². The van der Waals surface area contributed by atoms with Crippen LogP contribution >= 0.6 is 0 Å². The monoisotopic (exact) mass is 280 g/mol. The maximum atomic E-state index is 13.1. The van der Waals surface area contributed by atoms with Gasteiger partial charge in [0, 0.05) is 11.5 Å². The molecule has 0 radical (unpaired) electrons. The molecule has 0 aromatic heterocycles. The molecule has 0 fully saturated rings. The molecule has 4 nitrogen and oxygen atoms in total. The van der Waals surface area contributed by atoms with E-state index >= 15 is 0 Å². The Balaban J connectivity index is 3.30. The van der Waals surface area contributed by atoms with Crippen LogP contribution in [0.1, 0.15) is 19.4 Å². The SMILES string of the molecule is CC(C)(c1ccc(F)c([N+](=O)[O-])c1)C(N)C(F)(F)F. The zero-order chi connectivity index (χ0) is 15.0. The van der Waals surface area contributed by atoms with Gasteiger partial charge in [-0.05, 0) is 11.6 Å². The number of nitrogens with two attached hydrogens (primary N) is 1. The highest BCUT2D eigenvalue weighted by molar-refractivity contribution is 5.40. The number of benzene rings is 1. The van der Waals surface area contributed by atoms with Crippen LogP contribution in [0.4, 0.5) is 23.2 Å². The van der Waals surface area contributed by atoms with E-state index < -0.39 is 34.1 Å². The van der Waals surface area contributed by atoms with Crippen LogP contribution in [-0.4, -0.2) is 17.1 Å². The molecule has 0 aliphatic carbocycles. The molecule has 0 heterocycles. The van der Waals surface area contributed by atoms with Gasteiger partial charge in [0.05, 0.1) is 4.92 Å². The largest absolute Gasteiger partial charge is 0.404 e. The summed E-state index contributed by atoms with van der Waals surface area (Å²) >= 11 is 0. The Hall–Kier alpha value is -1.70. The maximum Gasteiger partial charge on any atom is 0.404 e. The van der Waals surface area contributed by atoms with Crippen LogP contribution < -0.4 is 5.73 Å². The van der Waals surface area contributed by atoms with Crippen LogP contribution in [-0.2, 0) is 5.41 Å². The lowest BCUT2D eigenvalue weighted by molar-refractivity contribution is -0.387. The molecule has 0 spiro atoms. The Morgan fingerprint density at radius 3 is 2.26 bits per heavy atom. The third-order valence-corrected chi connectivity index (χ3v) is 3.02. The van der Waals surface area contributed by atoms with Crippen LogP contribution in [0.3, 0.4) is 0 Å². The van der Waals surface area contributed by atoms with Gasteiger partial charge in [-0.25, -0.2) is 0 Å². The topological polar surface area (TPSA) is 69.2 Å². The molecule has 1 aromatic rings. The first-order valence-electron chi connectivity index (χ1n) is 5.24. The van der Waals surface area contributed by atoms with Crippen molar-refractivity contribution in [2.75, 3.05) is 0 Å². The summed E-state index contributed by atoms with van der Waals surface area (Å²) in [7, 11) is 0. The van der Waals surface area contributed by atoms with Crippen LogP contribution in [0.25, 0.3) is 0 Å². The zero-order valence-corrected chi connectivity index (χ0v) is 10.2.